The van der Waals surface area contributed by atoms with Gasteiger partial charge in [-0.15, -0.1) is 0 Å². The number of hydrogen-bond donors (Lipinski definition) is 5. The number of rotatable bonds is 7. The predicted molar refractivity (Wildman–Crippen MR) is 99.5 cm³/mol. The first-order valence-corrected chi connectivity index (χ1v) is 9.29. The molecule has 1 saturated heterocycles. The zero-order chi connectivity index (χ0) is 18.7. The quantitative estimate of drug-likeness (QED) is 0.422. The maximum absolute atomic E-state index is 11.8. The Morgan fingerprint density at radius 1 is 1.35 bits per heavy atom. The second kappa shape index (κ2) is 8.06. The molecule has 1 fully saturated rings. The van der Waals surface area contributed by atoms with E-state index in [1.54, 1.807) is 0 Å². The Morgan fingerprint density at radius 3 is 2.77 bits per heavy atom. The monoisotopic (exact) mass is 361 g/mol. The third-order valence-corrected chi connectivity index (χ3v) is 5.75. The van der Waals surface area contributed by atoms with E-state index in [1.165, 1.54) is 11.1 Å². The number of nitrogens with two attached hydrogens (primary N) is 1. The number of nitrogens with zero attached hydrogens (tertiary/aromatic N) is 1. The van der Waals surface area contributed by atoms with Crippen LogP contribution >= 0.6 is 0 Å². The number of carbonyl (C=O) groups is 1. The smallest absolute Gasteiger partial charge is 0.451 e. The van der Waals surface area contributed by atoms with Crippen molar-refractivity contribution in [2.24, 2.45) is 11.7 Å². The van der Waals surface area contributed by atoms with Gasteiger partial charge in [-0.05, 0) is 30.3 Å². The number of hydrogen-bond acceptors (Lipinski definition) is 6. The predicted octanol–water partition coefficient (Wildman–Crippen LogP) is -0.332. The molecule has 2 aliphatic heterocycles. The fourth-order valence-corrected chi connectivity index (χ4v) is 4.28. The first-order chi connectivity index (χ1) is 12.4. The SMILES string of the molecule is N[C@]1(C(=O)O)CN(C[C@@H]2Cc3ccccc3CN2)C[C@@H]1CCCB(O)O. The molecule has 8 heteroatoms. The van der Waals surface area contributed by atoms with Crippen molar-refractivity contribution in [3.8, 4) is 0 Å². The molecule has 0 bridgehead atoms. The number of likely N-dealkylation sites (tertiary alicyclic amines) is 1. The van der Waals surface area contributed by atoms with Gasteiger partial charge in [0, 0.05) is 38.1 Å². The summed E-state index contributed by atoms with van der Waals surface area (Å²) >= 11 is 0. The van der Waals surface area contributed by atoms with Gasteiger partial charge in [0.2, 0.25) is 0 Å². The number of carboxylic acid groups (broad SMARTS) is 1. The summed E-state index contributed by atoms with van der Waals surface area (Å²) in [4.78, 5) is 13.9. The van der Waals surface area contributed by atoms with Crippen LogP contribution in [0.1, 0.15) is 24.0 Å². The van der Waals surface area contributed by atoms with E-state index in [4.69, 9.17) is 15.8 Å². The molecule has 1 aromatic rings. The molecule has 1 aromatic carbocycles. The number of aliphatic carboxylic acids is 1. The van der Waals surface area contributed by atoms with E-state index >= 15 is 0 Å². The van der Waals surface area contributed by atoms with Gasteiger partial charge in [-0.3, -0.25) is 9.69 Å². The molecule has 26 heavy (non-hydrogen) atoms. The van der Waals surface area contributed by atoms with Crippen molar-refractivity contribution in [3.05, 3.63) is 35.4 Å². The molecule has 3 rings (SSSR count). The minimum Gasteiger partial charge on any atom is -0.480 e. The Bertz CT molecular complexity index is 645. The standard InChI is InChI=1S/C18H28BN3O4/c20-18(17(23)24)12-22(10-15(18)6-3-7-19(25)26)11-16-8-13-4-1-2-5-14(13)9-21-16/h1-2,4-5,15-16,21,25-26H,3,6-12,20H2,(H,23,24)/t15-,16-,18+/m0/s1. The molecular weight excluding hydrogens is 333 g/mol. The maximum atomic E-state index is 11.8. The zero-order valence-corrected chi connectivity index (χ0v) is 15.0. The van der Waals surface area contributed by atoms with Crippen LogP contribution in [0.2, 0.25) is 6.32 Å². The molecule has 0 unspecified atom stereocenters. The van der Waals surface area contributed by atoms with Gasteiger partial charge in [0.15, 0.2) is 0 Å². The van der Waals surface area contributed by atoms with Crippen molar-refractivity contribution in [2.45, 2.75) is 43.7 Å². The van der Waals surface area contributed by atoms with Gasteiger partial charge in [0.1, 0.15) is 5.54 Å². The Labute approximate surface area is 154 Å². The van der Waals surface area contributed by atoms with Gasteiger partial charge in [0.05, 0.1) is 0 Å². The van der Waals surface area contributed by atoms with Gasteiger partial charge in [-0.25, -0.2) is 0 Å². The van der Waals surface area contributed by atoms with Crippen molar-refractivity contribution >= 4 is 13.1 Å². The van der Waals surface area contributed by atoms with Gasteiger partial charge in [-0.1, -0.05) is 30.7 Å². The van der Waals surface area contributed by atoms with Crippen molar-refractivity contribution in [1.82, 2.24) is 10.2 Å². The van der Waals surface area contributed by atoms with Crippen LogP contribution in [-0.4, -0.2) is 64.4 Å². The molecule has 0 radical (unpaired) electrons. The Hall–Kier alpha value is -1.45. The van der Waals surface area contributed by atoms with E-state index in [-0.39, 0.29) is 18.3 Å². The third-order valence-electron chi connectivity index (χ3n) is 5.75. The highest BCUT2D eigenvalue weighted by Crippen LogP contribution is 2.31. The third kappa shape index (κ3) is 4.27. The lowest BCUT2D eigenvalue weighted by Crippen LogP contribution is -2.55. The van der Waals surface area contributed by atoms with Crippen molar-refractivity contribution in [2.75, 3.05) is 19.6 Å². The molecule has 2 heterocycles. The number of nitrogens with one attached hydrogen (secondary N) is 1. The highest BCUT2D eigenvalue weighted by Gasteiger charge is 2.49. The first kappa shape index (κ1) is 19.3. The summed E-state index contributed by atoms with van der Waals surface area (Å²) < 4.78 is 0. The highest BCUT2D eigenvalue weighted by molar-refractivity contribution is 6.40. The number of carboxylic acids is 1. The van der Waals surface area contributed by atoms with Crippen LogP contribution in [0.5, 0.6) is 0 Å². The number of benzene rings is 1. The van der Waals surface area contributed by atoms with Crippen molar-refractivity contribution in [3.63, 3.8) is 0 Å². The molecular formula is C18H28BN3O4. The maximum Gasteiger partial charge on any atom is 0.451 e. The summed E-state index contributed by atoms with van der Waals surface area (Å²) in [6, 6.07) is 8.67. The lowest BCUT2D eigenvalue weighted by atomic mass is 9.78. The van der Waals surface area contributed by atoms with E-state index in [2.05, 4.69) is 28.4 Å². The fraction of sp³-hybridized carbons (Fsp3) is 0.611. The topological polar surface area (TPSA) is 119 Å². The molecule has 0 aromatic heterocycles. The first-order valence-electron chi connectivity index (χ1n) is 9.29. The minimum atomic E-state index is -1.35. The zero-order valence-electron chi connectivity index (χ0n) is 15.0. The molecule has 0 aliphatic carbocycles. The average molecular weight is 361 g/mol. The average Bonchev–Trinajstić information content (AvgIpc) is 2.91. The van der Waals surface area contributed by atoms with Gasteiger partial charge < -0.3 is 26.2 Å². The molecule has 3 atom stereocenters. The number of fused-ring (bicyclic) bond motifs is 1. The van der Waals surface area contributed by atoms with Crippen molar-refractivity contribution < 1.29 is 19.9 Å². The molecule has 0 spiro atoms. The van der Waals surface area contributed by atoms with Gasteiger partial charge in [-0.2, -0.15) is 0 Å². The van der Waals surface area contributed by atoms with E-state index in [9.17, 15) is 9.90 Å². The van der Waals surface area contributed by atoms with Crippen LogP contribution in [-0.2, 0) is 17.8 Å². The van der Waals surface area contributed by atoms with Crippen LogP contribution in [0.15, 0.2) is 24.3 Å². The summed E-state index contributed by atoms with van der Waals surface area (Å²) in [5.41, 5.74) is 7.65. The second-order valence-electron chi connectivity index (χ2n) is 7.70. The van der Waals surface area contributed by atoms with Gasteiger partial charge in [0.25, 0.3) is 0 Å². The van der Waals surface area contributed by atoms with Crippen LogP contribution in [0.4, 0.5) is 0 Å². The summed E-state index contributed by atoms with van der Waals surface area (Å²) in [5, 5.41) is 31.2. The summed E-state index contributed by atoms with van der Waals surface area (Å²) in [6.07, 6.45) is 2.31. The molecule has 0 amide bonds. The summed E-state index contributed by atoms with van der Waals surface area (Å²) in [7, 11) is -1.35. The molecule has 142 valence electrons. The lowest BCUT2D eigenvalue weighted by Gasteiger charge is -2.30. The highest BCUT2D eigenvalue weighted by atomic mass is 16.4. The fourth-order valence-electron chi connectivity index (χ4n) is 4.28. The summed E-state index contributed by atoms with van der Waals surface area (Å²) in [6.45, 7) is 2.55. The van der Waals surface area contributed by atoms with E-state index in [1.807, 2.05) is 6.07 Å². The lowest BCUT2D eigenvalue weighted by molar-refractivity contribution is -0.144. The van der Waals surface area contributed by atoms with Crippen LogP contribution in [0.3, 0.4) is 0 Å². The Kier molecular flexibility index (Phi) is 5.99. The van der Waals surface area contributed by atoms with Crippen LogP contribution in [0.25, 0.3) is 0 Å². The van der Waals surface area contributed by atoms with E-state index in [0.717, 1.165) is 19.5 Å². The van der Waals surface area contributed by atoms with E-state index < -0.39 is 18.6 Å². The van der Waals surface area contributed by atoms with Crippen LogP contribution < -0.4 is 11.1 Å². The molecule has 0 saturated carbocycles. The molecule has 6 N–H and O–H groups in total. The minimum absolute atomic E-state index is 0.186. The van der Waals surface area contributed by atoms with Crippen molar-refractivity contribution in [1.29, 1.82) is 0 Å². The Balaban J connectivity index is 1.60. The van der Waals surface area contributed by atoms with Gasteiger partial charge >= 0.3 is 13.1 Å². The second-order valence-corrected chi connectivity index (χ2v) is 7.70. The van der Waals surface area contributed by atoms with Crippen LogP contribution in [0, 0.1) is 5.92 Å². The van der Waals surface area contributed by atoms with E-state index in [0.29, 0.717) is 25.9 Å². The summed E-state index contributed by atoms with van der Waals surface area (Å²) in [5.74, 6) is -1.16. The molecule has 7 nitrogen and oxygen atoms in total. The largest absolute Gasteiger partial charge is 0.480 e. The normalized spacial score (nSPS) is 28.7. The Morgan fingerprint density at radius 2 is 2.08 bits per heavy atom. The molecule has 2 aliphatic rings.